The van der Waals surface area contributed by atoms with E-state index < -0.39 is 0 Å². The molecular weight excluding hydrogens is 257 g/mol. The third-order valence-corrected chi connectivity index (χ3v) is 3.20. The SMILES string of the molecule is CC(NCCc1ccc(F)cc1)c1cc(O)cc(O)c1. The number of phenols is 2. The van der Waals surface area contributed by atoms with Crippen LogP contribution in [-0.4, -0.2) is 16.8 Å². The molecule has 106 valence electrons. The van der Waals surface area contributed by atoms with Gasteiger partial charge in [0.05, 0.1) is 0 Å². The van der Waals surface area contributed by atoms with Crippen LogP contribution < -0.4 is 5.32 Å². The monoisotopic (exact) mass is 275 g/mol. The number of benzene rings is 2. The van der Waals surface area contributed by atoms with Crippen molar-refractivity contribution in [2.75, 3.05) is 6.54 Å². The molecule has 2 rings (SSSR count). The minimum absolute atomic E-state index is 0.00782. The Balaban J connectivity index is 1.88. The Morgan fingerprint density at radius 2 is 1.65 bits per heavy atom. The Hall–Kier alpha value is -2.07. The summed E-state index contributed by atoms with van der Waals surface area (Å²) in [4.78, 5) is 0. The van der Waals surface area contributed by atoms with Gasteiger partial charge in [-0.15, -0.1) is 0 Å². The summed E-state index contributed by atoms with van der Waals surface area (Å²) in [5, 5.41) is 22.2. The van der Waals surface area contributed by atoms with Gasteiger partial charge in [-0.05, 0) is 55.3 Å². The van der Waals surface area contributed by atoms with Crippen molar-refractivity contribution in [1.29, 1.82) is 0 Å². The van der Waals surface area contributed by atoms with Gasteiger partial charge in [-0.1, -0.05) is 12.1 Å². The van der Waals surface area contributed by atoms with Gasteiger partial charge in [0.25, 0.3) is 0 Å². The van der Waals surface area contributed by atoms with Crippen LogP contribution in [0.2, 0.25) is 0 Å². The normalized spacial score (nSPS) is 12.3. The predicted molar refractivity (Wildman–Crippen MR) is 76.3 cm³/mol. The highest BCUT2D eigenvalue weighted by atomic mass is 19.1. The third kappa shape index (κ3) is 3.96. The van der Waals surface area contributed by atoms with Crippen LogP contribution in [0.15, 0.2) is 42.5 Å². The van der Waals surface area contributed by atoms with Crippen molar-refractivity contribution in [2.45, 2.75) is 19.4 Å². The summed E-state index contributed by atoms with van der Waals surface area (Å²) >= 11 is 0. The molecule has 0 bridgehead atoms. The molecule has 0 aliphatic rings. The molecule has 0 fully saturated rings. The molecule has 0 radical (unpaired) electrons. The second kappa shape index (κ2) is 6.39. The molecule has 0 aliphatic heterocycles. The van der Waals surface area contributed by atoms with Crippen molar-refractivity contribution in [1.82, 2.24) is 5.32 Å². The molecule has 2 aromatic carbocycles. The zero-order valence-corrected chi connectivity index (χ0v) is 11.3. The van der Waals surface area contributed by atoms with Gasteiger partial charge in [0.1, 0.15) is 17.3 Å². The van der Waals surface area contributed by atoms with Crippen LogP contribution in [0.4, 0.5) is 4.39 Å². The van der Waals surface area contributed by atoms with E-state index in [2.05, 4.69) is 5.32 Å². The summed E-state index contributed by atoms with van der Waals surface area (Å²) in [6, 6.07) is 11.0. The first kappa shape index (κ1) is 14.3. The fourth-order valence-corrected chi connectivity index (χ4v) is 2.07. The fourth-order valence-electron chi connectivity index (χ4n) is 2.07. The van der Waals surface area contributed by atoms with E-state index in [0.29, 0.717) is 0 Å². The number of hydrogen-bond acceptors (Lipinski definition) is 3. The van der Waals surface area contributed by atoms with Crippen LogP contribution in [0.25, 0.3) is 0 Å². The molecule has 0 aliphatic carbocycles. The molecule has 0 saturated heterocycles. The standard InChI is InChI=1S/C16H18FNO2/c1-11(13-8-15(19)10-16(20)9-13)18-7-6-12-2-4-14(17)5-3-12/h2-5,8-11,18-20H,6-7H2,1H3. The minimum Gasteiger partial charge on any atom is -0.508 e. The van der Waals surface area contributed by atoms with Crippen molar-refractivity contribution in [3.05, 3.63) is 59.4 Å². The van der Waals surface area contributed by atoms with Gasteiger partial charge >= 0.3 is 0 Å². The van der Waals surface area contributed by atoms with E-state index in [9.17, 15) is 14.6 Å². The maximum Gasteiger partial charge on any atom is 0.123 e. The van der Waals surface area contributed by atoms with Crippen LogP contribution in [0, 0.1) is 5.82 Å². The summed E-state index contributed by atoms with van der Waals surface area (Å²) in [7, 11) is 0. The Morgan fingerprint density at radius 1 is 1.05 bits per heavy atom. The van der Waals surface area contributed by atoms with Gasteiger partial charge in [0.2, 0.25) is 0 Å². The number of rotatable bonds is 5. The van der Waals surface area contributed by atoms with Crippen LogP contribution >= 0.6 is 0 Å². The van der Waals surface area contributed by atoms with E-state index in [-0.39, 0.29) is 23.4 Å². The van der Waals surface area contributed by atoms with Crippen molar-refractivity contribution < 1.29 is 14.6 Å². The molecule has 1 atom stereocenters. The lowest BCUT2D eigenvalue weighted by Gasteiger charge is -2.15. The quantitative estimate of drug-likeness (QED) is 0.785. The minimum atomic E-state index is -0.231. The maximum atomic E-state index is 12.8. The van der Waals surface area contributed by atoms with E-state index in [4.69, 9.17) is 0 Å². The topological polar surface area (TPSA) is 52.5 Å². The zero-order valence-electron chi connectivity index (χ0n) is 11.3. The molecule has 1 unspecified atom stereocenters. The molecule has 20 heavy (non-hydrogen) atoms. The fraction of sp³-hybridized carbons (Fsp3) is 0.250. The van der Waals surface area contributed by atoms with E-state index >= 15 is 0 Å². The zero-order chi connectivity index (χ0) is 14.5. The van der Waals surface area contributed by atoms with Gasteiger partial charge in [-0.25, -0.2) is 4.39 Å². The molecule has 0 amide bonds. The first-order valence-corrected chi connectivity index (χ1v) is 6.55. The summed E-state index contributed by atoms with van der Waals surface area (Å²) in [6.07, 6.45) is 0.787. The molecule has 0 heterocycles. The molecular formula is C16H18FNO2. The van der Waals surface area contributed by atoms with Crippen molar-refractivity contribution in [2.24, 2.45) is 0 Å². The molecule has 4 heteroatoms. The Bertz CT molecular complexity index is 549. The average Bonchev–Trinajstić information content (AvgIpc) is 2.40. The molecule has 3 N–H and O–H groups in total. The number of hydrogen-bond donors (Lipinski definition) is 3. The van der Waals surface area contributed by atoms with Gasteiger partial charge in [-0.2, -0.15) is 0 Å². The van der Waals surface area contributed by atoms with Gasteiger partial charge in [0.15, 0.2) is 0 Å². The van der Waals surface area contributed by atoms with E-state index in [1.807, 2.05) is 6.92 Å². The Kier molecular flexibility index (Phi) is 4.58. The van der Waals surface area contributed by atoms with E-state index in [0.717, 1.165) is 24.1 Å². The van der Waals surface area contributed by atoms with Gasteiger partial charge in [-0.3, -0.25) is 0 Å². The molecule has 0 aromatic heterocycles. The largest absolute Gasteiger partial charge is 0.508 e. The first-order chi connectivity index (χ1) is 9.54. The second-order valence-corrected chi connectivity index (χ2v) is 4.84. The number of phenolic OH excluding ortho intramolecular Hbond substituents is 2. The molecule has 2 aromatic rings. The van der Waals surface area contributed by atoms with Crippen LogP contribution in [0.5, 0.6) is 11.5 Å². The highest BCUT2D eigenvalue weighted by Crippen LogP contribution is 2.24. The highest BCUT2D eigenvalue weighted by molar-refractivity contribution is 5.37. The van der Waals surface area contributed by atoms with Gasteiger partial charge < -0.3 is 15.5 Å². The summed E-state index contributed by atoms with van der Waals surface area (Å²) < 4.78 is 12.8. The van der Waals surface area contributed by atoms with E-state index in [1.54, 1.807) is 24.3 Å². The first-order valence-electron chi connectivity index (χ1n) is 6.55. The lowest BCUT2D eigenvalue weighted by molar-refractivity contribution is 0.446. The van der Waals surface area contributed by atoms with Crippen LogP contribution in [-0.2, 0) is 6.42 Å². The Morgan fingerprint density at radius 3 is 2.25 bits per heavy atom. The number of nitrogens with one attached hydrogen (secondary N) is 1. The van der Waals surface area contributed by atoms with Crippen molar-refractivity contribution in [3.63, 3.8) is 0 Å². The highest BCUT2D eigenvalue weighted by Gasteiger charge is 2.07. The third-order valence-electron chi connectivity index (χ3n) is 3.20. The van der Waals surface area contributed by atoms with Crippen molar-refractivity contribution in [3.8, 4) is 11.5 Å². The van der Waals surface area contributed by atoms with Crippen LogP contribution in [0.3, 0.4) is 0 Å². The predicted octanol–water partition coefficient (Wildman–Crippen LogP) is 3.13. The lowest BCUT2D eigenvalue weighted by Crippen LogP contribution is -2.21. The van der Waals surface area contributed by atoms with Gasteiger partial charge in [0, 0.05) is 12.1 Å². The summed E-state index contributed by atoms with van der Waals surface area (Å²) in [5.74, 6) is -0.135. The van der Waals surface area contributed by atoms with E-state index in [1.165, 1.54) is 18.2 Å². The average molecular weight is 275 g/mol. The molecule has 0 saturated carbocycles. The lowest BCUT2D eigenvalue weighted by atomic mass is 10.1. The Labute approximate surface area is 117 Å². The van der Waals surface area contributed by atoms with Crippen molar-refractivity contribution >= 4 is 0 Å². The summed E-state index contributed by atoms with van der Waals surface area (Å²) in [6.45, 7) is 2.68. The molecule has 0 spiro atoms. The molecule has 3 nitrogen and oxygen atoms in total. The summed E-state index contributed by atoms with van der Waals surface area (Å²) in [5.41, 5.74) is 1.88. The number of halogens is 1. The number of aromatic hydroxyl groups is 2. The maximum absolute atomic E-state index is 12.8. The second-order valence-electron chi connectivity index (χ2n) is 4.84. The smallest absolute Gasteiger partial charge is 0.123 e. The van der Waals surface area contributed by atoms with Crippen LogP contribution in [0.1, 0.15) is 24.1 Å².